The molecule has 0 aromatic rings. The molecule has 0 aromatic carbocycles. The summed E-state index contributed by atoms with van der Waals surface area (Å²) < 4.78 is 5.52. The van der Waals surface area contributed by atoms with Crippen LogP contribution < -0.4 is 22.5 Å². The zero-order chi connectivity index (χ0) is 14.3. The molecule has 116 valence electrons. The Hall–Kier alpha value is -0.200. The highest BCUT2D eigenvalue weighted by Gasteiger charge is 2.06. The van der Waals surface area contributed by atoms with Gasteiger partial charge in [-0.1, -0.05) is 19.8 Å². The van der Waals surface area contributed by atoms with Crippen LogP contribution in [-0.2, 0) is 4.74 Å². The van der Waals surface area contributed by atoms with Crippen molar-refractivity contribution >= 4 is 0 Å². The van der Waals surface area contributed by atoms with Crippen molar-refractivity contribution in [1.29, 1.82) is 0 Å². The molecule has 0 spiro atoms. The van der Waals surface area contributed by atoms with Crippen LogP contribution in [0.4, 0.5) is 0 Å². The second-order valence-corrected chi connectivity index (χ2v) is 5.20. The molecule has 1 unspecified atom stereocenters. The average Bonchev–Trinajstić information content (AvgIpc) is 2.42. The third-order valence-corrected chi connectivity index (χ3v) is 3.54. The minimum absolute atomic E-state index is 0.387. The lowest BCUT2D eigenvalue weighted by Crippen LogP contribution is -2.26. The van der Waals surface area contributed by atoms with Crippen molar-refractivity contribution in [2.75, 3.05) is 39.5 Å². The van der Waals surface area contributed by atoms with Crippen molar-refractivity contribution in [3.05, 3.63) is 0 Å². The van der Waals surface area contributed by atoms with Crippen LogP contribution in [0.25, 0.3) is 0 Å². The Labute approximate surface area is 118 Å². The Morgan fingerprint density at radius 3 is 2.26 bits per heavy atom. The van der Waals surface area contributed by atoms with E-state index in [-0.39, 0.29) is 0 Å². The van der Waals surface area contributed by atoms with E-state index < -0.39 is 0 Å². The first-order chi connectivity index (χ1) is 9.28. The van der Waals surface area contributed by atoms with Gasteiger partial charge in [0.1, 0.15) is 0 Å². The smallest absolute Gasteiger partial charge is 0.0965 e. The molecule has 19 heavy (non-hydrogen) atoms. The lowest BCUT2D eigenvalue weighted by Gasteiger charge is -2.16. The van der Waals surface area contributed by atoms with Gasteiger partial charge in [-0.05, 0) is 57.3 Å². The average molecular weight is 274 g/mol. The highest BCUT2D eigenvalue weighted by Crippen LogP contribution is 2.13. The van der Waals surface area contributed by atoms with Crippen LogP contribution in [0.15, 0.2) is 0 Å². The molecule has 0 fully saturated rings. The molecule has 0 radical (unpaired) electrons. The summed E-state index contributed by atoms with van der Waals surface area (Å²) >= 11 is 0. The molecule has 5 nitrogen and oxygen atoms in total. The summed E-state index contributed by atoms with van der Waals surface area (Å²) in [5.74, 6) is 1.14. The third-order valence-electron chi connectivity index (χ3n) is 3.54. The number of nitrogens with one attached hydrogen (secondary N) is 1. The van der Waals surface area contributed by atoms with Gasteiger partial charge in [0.2, 0.25) is 0 Å². The first-order valence-corrected chi connectivity index (χ1v) is 7.67. The van der Waals surface area contributed by atoms with Gasteiger partial charge in [-0.2, -0.15) is 0 Å². The van der Waals surface area contributed by atoms with Crippen LogP contribution in [0.1, 0.15) is 39.0 Å². The van der Waals surface area contributed by atoms with Crippen LogP contribution in [0.2, 0.25) is 0 Å². The number of ether oxygens (including phenoxy) is 1. The Morgan fingerprint density at radius 2 is 1.68 bits per heavy atom. The summed E-state index contributed by atoms with van der Waals surface area (Å²) in [7, 11) is 0. The minimum atomic E-state index is 0.387. The summed E-state index contributed by atoms with van der Waals surface area (Å²) in [5, 5.41) is 3.32. The van der Waals surface area contributed by atoms with Crippen molar-refractivity contribution in [2.45, 2.75) is 39.0 Å². The number of rotatable bonds is 14. The van der Waals surface area contributed by atoms with Crippen LogP contribution in [0, 0.1) is 11.8 Å². The Kier molecular flexibility index (Phi) is 14.1. The standard InChI is InChI=1S/C14H34N4O/c1-2-3-13(4-7-15)5-8-18-12-19-9-6-14(10-16)11-17/h13-14,18H,2-12,15-17H2,1H3. The van der Waals surface area contributed by atoms with Gasteiger partial charge >= 0.3 is 0 Å². The van der Waals surface area contributed by atoms with E-state index in [1.807, 2.05) is 0 Å². The molecular weight excluding hydrogens is 240 g/mol. The highest BCUT2D eigenvalue weighted by molar-refractivity contribution is 4.61. The van der Waals surface area contributed by atoms with Crippen LogP contribution >= 0.6 is 0 Å². The first-order valence-electron chi connectivity index (χ1n) is 7.67. The molecule has 0 amide bonds. The molecule has 0 bridgehead atoms. The predicted octanol–water partition coefficient (Wildman–Crippen LogP) is 0.629. The predicted molar refractivity (Wildman–Crippen MR) is 81.7 cm³/mol. The SMILES string of the molecule is CCCC(CCN)CCNCOCCC(CN)CN. The van der Waals surface area contributed by atoms with Crippen molar-refractivity contribution in [3.63, 3.8) is 0 Å². The van der Waals surface area contributed by atoms with Crippen molar-refractivity contribution in [3.8, 4) is 0 Å². The molecule has 0 saturated carbocycles. The summed E-state index contributed by atoms with van der Waals surface area (Å²) in [6.45, 7) is 6.65. The van der Waals surface area contributed by atoms with Crippen molar-refractivity contribution < 1.29 is 4.74 Å². The number of nitrogens with two attached hydrogens (primary N) is 3. The zero-order valence-corrected chi connectivity index (χ0v) is 12.6. The number of hydrogen-bond donors (Lipinski definition) is 4. The molecular formula is C14H34N4O. The molecule has 0 aliphatic rings. The topological polar surface area (TPSA) is 99.3 Å². The van der Waals surface area contributed by atoms with E-state index in [1.165, 1.54) is 19.3 Å². The second-order valence-electron chi connectivity index (χ2n) is 5.20. The second kappa shape index (κ2) is 14.2. The highest BCUT2D eigenvalue weighted by atomic mass is 16.5. The van der Waals surface area contributed by atoms with Crippen LogP contribution in [-0.4, -0.2) is 39.5 Å². The molecule has 0 aliphatic heterocycles. The van der Waals surface area contributed by atoms with Gasteiger partial charge in [0, 0.05) is 6.61 Å². The first kappa shape index (κ1) is 18.8. The normalized spacial score (nSPS) is 13.1. The maximum Gasteiger partial charge on any atom is 0.0965 e. The Morgan fingerprint density at radius 1 is 0.947 bits per heavy atom. The van der Waals surface area contributed by atoms with E-state index in [2.05, 4.69) is 12.2 Å². The quantitative estimate of drug-likeness (QED) is 0.275. The van der Waals surface area contributed by atoms with E-state index in [0.717, 1.165) is 38.5 Å². The Bertz CT molecular complexity index is 171. The maximum absolute atomic E-state index is 5.62. The van der Waals surface area contributed by atoms with E-state index in [0.29, 0.717) is 25.7 Å². The van der Waals surface area contributed by atoms with Crippen LogP contribution in [0.5, 0.6) is 0 Å². The maximum atomic E-state index is 5.62. The van der Waals surface area contributed by atoms with E-state index in [4.69, 9.17) is 21.9 Å². The fraction of sp³-hybridized carbons (Fsp3) is 1.00. The molecule has 1 atom stereocenters. The van der Waals surface area contributed by atoms with E-state index >= 15 is 0 Å². The lowest BCUT2D eigenvalue weighted by molar-refractivity contribution is 0.104. The fourth-order valence-electron chi connectivity index (χ4n) is 2.18. The van der Waals surface area contributed by atoms with Crippen LogP contribution in [0.3, 0.4) is 0 Å². The summed E-state index contributed by atoms with van der Waals surface area (Å²) in [6, 6.07) is 0. The third kappa shape index (κ3) is 11.3. The van der Waals surface area contributed by atoms with Crippen molar-refractivity contribution in [2.24, 2.45) is 29.0 Å². The monoisotopic (exact) mass is 274 g/mol. The molecule has 0 heterocycles. The van der Waals surface area contributed by atoms with Gasteiger partial charge in [0.05, 0.1) is 6.73 Å². The fourth-order valence-corrected chi connectivity index (χ4v) is 2.18. The summed E-state index contributed by atoms with van der Waals surface area (Å²) in [6.07, 6.45) is 5.77. The number of hydrogen-bond acceptors (Lipinski definition) is 5. The Balaban J connectivity index is 3.38. The molecule has 5 heteroatoms. The molecule has 7 N–H and O–H groups in total. The molecule has 0 saturated heterocycles. The summed E-state index contributed by atoms with van der Waals surface area (Å²) in [4.78, 5) is 0. The van der Waals surface area contributed by atoms with Crippen molar-refractivity contribution in [1.82, 2.24) is 5.32 Å². The van der Waals surface area contributed by atoms with Gasteiger partial charge in [0.25, 0.3) is 0 Å². The van der Waals surface area contributed by atoms with E-state index in [9.17, 15) is 0 Å². The minimum Gasteiger partial charge on any atom is -0.366 e. The lowest BCUT2D eigenvalue weighted by atomic mass is 9.96. The van der Waals surface area contributed by atoms with Gasteiger partial charge in [-0.3, -0.25) is 5.32 Å². The molecule has 0 aliphatic carbocycles. The largest absolute Gasteiger partial charge is 0.366 e. The molecule has 0 aromatic heterocycles. The van der Waals surface area contributed by atoms with Gasteiger partial charge in [-0.15, -0.1) is 0 Å². The van der Waals surface area contributed by atoms with E-state index in [1.54, 1.807) is 0 Å². The molecule has 0 rings (SSSR count). The van der Waals surface area contributed by atoms with Gasteiger partial charge in [0.15, 0.2) is 0 Å². The van der Waals surface area contributed by atoms with Gasteiger partial charge < -0.3 is 21.9 Å². The zero-order valence-electron chi connectivity index (χ0n) is 12.6. The van der Waals surface area contributed by atoms with Gasteiger partial charge in [-0.25, -0.2) is 0 Å². The summed E-state index contributed by atoms with van der Waals surface area (Å²) in [5.41, 5.74) is 16.8.